The number of anilines is 2. The molecule has 0 aliphatic carbocycles. The number of halogens is 3. The van der Waals surface area contributed by atoms with E-state index in [4.69, 9.17) is 9.47 Å². The van der Waals surface area contributed by atoms with Gasteiger partial charge in [0.2, 0.25) is 5.91 Å². The van der Waals surface area contributed by atoms with Crippen LogP contribution in [0.5, 0.6) is 5.75 Å². The van der Waals surface area contributed by atoms with Gasteiger partial charge in [-0.1, -0.05) is 18.2 Å². The van der Waals surface area contributed by atoms with Crippen LogP contribution in [-0.2, 0) is 15.7 Å². The van der Waals surface area contributed by atoms with Gasteiger partial charge in [0, 0.05) is 42.4 Å². The fourth-order valence-electron chi connectivity index (χ4n) is 4.76. The molecule has 3 amide bonds. The number of methoxy groups -OCH3 is 1. The fourth-order valence-corrected chi connectivity index (χ4v) is 5.38. The molecule has 49 heavy (non-hydrogen) atoms. The van der Waals surface area contributed by atoms with Crippen LogP contribution < -0.4 is 15.4 Å². The predicted molar refractivity (Wildman–Crippen MR) is 177 cm³/mol. The number of rotatable bonds is 11. The zero-order valence-corrected chi connectivity index (χ0v) is 27.7. The van der Waals surface area contributed by atoms with Gasteiger partial charge in [-0.05, 0) is 74.2 Å². The van der Waals surface area contributed by atoms with Gasteiger partial charge in [-0.2, -0.15) is 18.4 Å². The average molecular weight is 696 g/mol. The third kappa shape index (κ3) is 9.12. The first-order valence-electron chi connectivity index (χ1n) is 14.7. The van der Waals surface area contributed by atoms with Gasteiger partial charge in [-0.25, -0.2) is 9.78 Å². The Balaban J connectivity index is 1.79. The molecular weight excluding hydrogens is 663 g/mol. The standard InChI is InChI=1S/C34H32F3N5O6S/c1-33(2,3)42(32(45)46)13-12-29(43)39-22-8-5-7-20(15-22)24-17-26(23-11-10-21(34(35,36)37)16-27(23)48-19-47-4)40-30(25(24)18-38)41-31(44)28-9-6-14-49-28/h5-11,14-17H,12-13,19H2,1-4H3,(H,39,43)(H,45,46)(H,40,41,44). The predicted octanol–water partition coefficient (Wildman–Crippen LogP) is 7.71. The minimum absolute atomic E-state index is 0.0503. The molecule has 4 aromatic rings. The van der Waals surface area contributed by atoms with Gasteiger partial charge in [0.1, 0.15) is 17.4 Å². The lowest BCUT2D eigenvalue weighted by molar-refractivity contribution is -0.137. The number of nitriles is 1. The molecule has 0 saturated heterocycles. The summed E-state index contributed by atoms with van der Waals surface area (Å²) in [6, 6.07) is 16.0. The Labute approximate surface area is 283 Å². The largest absolute Gasteiger partial charge is 0.467 e. The zero-order valence-electron chi connectivity index (χ0n) is 26.8. The molecule has 2 aromatic carbocycles. The lowest BCUT2D eigenvalue weighted by atomic mass is 9.97. The van der Waals surface area contributed by atoms with Gasteiger partial charge < -0.3 is 30.1 Å². The van der Waals surface area contributed by atoms with Crippen molar-refractivity contribution in [2.45, 2.75) is 38.9 Å². The quantitative estimate of drug-likeness (QED) is 0.135. The average Bonchev–Trinajstić information content (AvgIpc) is 3.58. The molecule has 0 spiro atoms. The highest BCUT2D eigenvalue weighted by atomic mass is 32.1. The summed E-state index contributed by atoms with van der Waals surface area (Å²) in [4.78, 5) is 43.6. The van der Waals surface area contributed by atoms with E-state index >= 15 is 0 Å². The Morgan fingerprint density at radius 1 is 1.02 bits per heavy atom. The summed E-state index contributed by atoms with van der Waals surface area (Å²) in [5.74, 6) is -1.38. The number of carbonyl (C=O) groups is 3. The molecule has 2 aromatic heterocycles. The number of nitrogens with zero attached hydrogens (tertiary/aromatic N) is 3. The molecule has 2 heterocycles. The Kier molecular flexibility index (Phi) is 11.3. The second kappa shape index (κ2) is 15.2. The van der Waals surface area contributed by atoms with E-state index in [2.05, 4.69) is 21.7 Å². The number of amides is 3. The van der Waals surface area contributed by atoms with Crippen molar-refractivity contribution in [2.75, 3.05) is 31.1 Å². The van der Waals surface area contributed by atoms with E-state index in [1.807, 2.05) is 0 Å². The van der Waals surface area contributed by atoms with Crippen molar-refractivity contribution >= 4 is 40.7 Å². The monoisotopic (exact) mass is 695 g/mol. The number of nitrogens with one attached hydrogen (secondary N) is 2. The lowest BCUT2D eigenvalue weighted by Crippen LogP contribution is -2.46. The summed E-state index contributed by atoms with van der Waals surface area (Å²) >= 11 is 1.16. The van der Waals surface area contributed by atoms with E-state index in [-0.39, 0.29) is 53.7 Å². The smallest absolute Gasteiger partial charge is 0.416 e. The minimum Gasteiger partial charge on any atom is -0.467 e. The van der Waals surface area contributed by atoms with E-state index < -0.39 is 35.2 Å². The van der Waals surface area contributed by atoms with E-state index in [1.165, 1.54) is 19.2 Å². The third-order valence-corrected chi connectivity index (χ3v) is 7.95. The van der Waals surface area contributed by atoms with Crippen LogP contribution in [0, 0.1) is 11.3 Å². The number of thiophene rings is 1. The Bertz CT molecular complexity index is 1880. The molecule has 256 valence electrons. The van der Waals surface area contributed by atoms with Gasteiger partial charge >= 0.3 is 12.3 Å². The number of hydrogen-bond acceptors (Lipinski definition) is 8. The highest BCUT2D eigenvalue weighted by molar-refractivity contribution is 7.12. The molecule has 4 rings (SSSR count). The number of carbonyl (C=O) groups excluding carboxylic acids is 2. The normalized spacial score (nSPS) is 11.4. The SMILES string of the molecule is COCOc1cc(C(F)(F)F)ccc1-c1cc(-c2cccc(NC(=O)CCN(C(=O)O)C(C)(C)C)c2)c(C#N)c(NC(=O)c2cccs2)n1. The second-order valence-electron chi connectivity index (χ2n) is 11.6. The zero-order chi connectivity index (χ0) is 35.9. The first-order valence-corrected chi connectivity index (χ1v) is 15.5. The minimum atomic E-state index is -4.67. The maximum Gasteiger partial charge on any atom is 0.416 e. The van der Waals surface area contributed by atoms with Crippen LogP contribution in [0.3, 0.4) is 0 Å². The van der Waals surface area contributed by atoms with Crippen LogP contribution in [0.1, 0.15) is 48.0 Å². The van der Waals surface area contributed by atoms with Crippen molar-refractivity contribution in [3.63, 3.8) is 0 Å². The highest BCUT2D eigenvalue weighted by Crippen LogP contribution is 2.40. The van der Waals surface area contributed by atoms with Crippen molar-refractivity contribution < 1.29 is 42.1 Å². The number of benzene rings is 2. The number of pyridine rings is 1. The van der Waals surface area contributed by atoms with E-state index in [0.717, 1.165) is 28.4 Å². The summed E-state index contributed by atoms with van der Waals surface area (Å²) in [6.45, 7) is 4.72. The number of carboxylic acid groups (broad SMARTS) is 1. The van der Waals surface area contributed by atoms with Gasteiger partial charge in [-0.15, -0.1) is 11.3 Å². The molecule has 3 N–H and O–H groups in total. The topological polar surface area (TPSA) is 154 Å². The molecule has 15 heteroatoms. The van der Waals surface area contributed by atoms with E-state index in [0.29, 0.717) is 16.1 Å². The van der Waals surface area contributed by atoms with Crippen molar-refractivity contribution in [3.05, 3.63) is 82.0 Å². The maximum atomic E-state index is 13.6. The van der Waals surface area contributed by atoms with Crippen LogP contribution >= 0.6 is 11.3 Å². The first kappa shape index (κ1) is 36.4. The summed E-state index contributed by atoms with van der Waals surface area (Å²) in [7, 11) is 1.31. The van der Waals surface area contributed by atoms with Gasteiger partial charge in [0.15, 0.2) is 12.6 Å². The summed E-state index contributed by atoms with van der Waals surface area (Å²) < 4.78 is 51.3. The number of aromatic nitrogens is 1. The highest BCUT2D eigenvalue weighted by Gasteiger charge is 2.32. The molecule has 0 unspecified atom stereocenters. The van der Waals surface area contributed by atoms with Crippen LogP contribution in [-0.4, -0.2) is 58.9 Å². The molecule has 0 aliphatic rings. The molecule has 0 fully saturated rings. The van der Waals surface area contributed by atoms with Crippen molar-refractivity contribution in [2.24, 2.45) is 0 Å². The van der Waals surface area contributed by atoms with Crippen LogP contribution in [0.15, 0.2) is 66.0 Å². The number of ether oxygens (including phenoxy) is 2. The number of hydrogen-bond donors (Lipinski definition) is 3. The van der Waals surface area contributed by atoms with Crippen LogP contribution in [0.4, 0.5) is 29.5 Å². The molecule has 0 saturated carbocycles. The van der Waals surface area contributed by atoms with Gasteiger partial charge in [-0.3, -0.25) is 9.59 Å². The Morgan fingerprint density at radius 3 is 2.39 bits per heavy atom. The van der Waals surface area contributed by atoms with Crippen LogP contribution in [0.2, 0.25) is 0 Å². The molecule has 11 nitrogen and oxygen atoms in total. The Hall–Kier alpha value is -5.46. The van der Waals surface area contributed by atoms with Crippen LogP contribution in [0.25, 0.3) is 22.4 Å². The first-order chi connectivity index (χ1) is 23.1. The number of alkyl halides is 3. The summed E-state index contributed by atoms with van der Waals surface area (Å²) in [5.41, 5.74) is -0.591. The van der Waals surface area contributed by atoms with Gasteiger partial charge in [0.05, 0.1) is 16.1 Å². The maximum absolute atomic E-state index is 13.6. The molecule has 0 aliphatic heterocycles. The lowest BCUT2D eigenvalue weighted by Gasteiger charge is -2.32. The summed E-state index contributed by atoms with van der Waals surface area (Å²) in [6.07, 6.45) is -5.96. The molecule has 0 atom stereocenters. The van der Waals surface area contributed by atoms with E-state index in [9.17, 15) is 37.9 Å². The van der Waals surface area contributed by atoms with Crippen molar-refractivity contribution in [1.82, 2.24) is 9.88 Å². The summed E-state index contributed by atoms with van der Waals surface area (Å²) in [5, 5.41) is 26.9. The van der Waals surface area contributed by atoms with E-state index in [1.54, 1.807) is 62.5 Å². The van der Waals surface area contributed by atoms with Crippen molar-refractivity contribution in [1.29, 1.82) is 5.26 Å². The molecule has 0 radical (unpaired) electrons. The third-order valence-electron chi connectivity index (χ3n) is 7.09. The van der Waals surface area contributed by atoms with Gasteiger partial charge in [0.25, 0.3) is 5.91 Å². The molecule has 0 bridgehead atoms. The Morgan fingerprint density at radius 2 is 1.78 bits per heavy atom. The molecular formula is C34H32F3N5O6S. The van der Waals surface area contributed by atoms with Crippen molar-refractivity contribution in [3.8, 4) is 34.2 Å². The second-order valence-corrected chi connectivity index (χ2v) is 12.5. The fraction of sp³-hybridized carbons (Fsp3) is 0.265.